The van der Waals surface area contributed by atoms with Gasteiger partial charge in [-0.05, 0) is 26.3 Å². The number of pyridine rings is 1. The Morgan fingerprint density at radius 3 is 2.82 bits per heavy atom. The molecule has 1 atom stereocenters. The Labute approximate surface area is 106 Å². The molecule has 0 spiro atoms. The molecular formula is C12H17ClN2O2. The predicted octanol–water partition coefficient (Wildman–Crippen LogP) is 1.93. The van der Waals surface area contributed by atoms with E-state index >= 15 is 0 Å². The third-order valence-corrected chi connectivity index (χ3v) is 2.94. The molecular weight excluding hydrogens is 240 g/mol. The highest BCUT2D eigenvalue weighted by molar-refractivity contribution is 6.33. The van der Waals surface area contributed by atoms with Crippen molar-refractivity contribution in [3.63, 3.8) is 0 Å². The molecule has 0 bridgehead atoms. The number of hydrogen-bond donors (Lipinski definition) is 2. The van der Waals surface area contributed by atoms with Crippen LogP contribution in [0.15, 0.2) is 12.3 Å². The fourth-order valence-corrected chi connectivity index (χ4v) is 1.48. The molecule has 2 N–H and O–H groups in total. The predicted molar refractivity (Wildman–Crippen MR) is 67.2 cm³/mol. The summed E-state index contributed by atoms with van der Waals surface area (Å²) >= 11 is 5.94. The van der Waals surface area contributed by atoms with Crippen molar-refractivity contribution in [2.45, 2.75) is 32.8 Å². The number of nitrogens with zero attached hydrogens (tertiary/aromatic N) is 1. The van der Waals surface area contributed by atoms with Gasteiger partial charge in [-0.2, -0.15) is 0 Å². The number of amides is 1. The molecule has 0 aromatic carbocycles. The molecule has 1 heterocycles. The van der Waals surface area contributed by atoms with Crippen LogP contribution in [0, 0.1) is 6.92 Å². The van der Waals surface area contributed by atoms with Gasteiger partial charge in [0.1, 0.15) is 0 Å². The molecule has 0 radical (unpaired) electrons. The lowest BCUT2D eigenvalue weighted by molar-refractivity contribution is 0.0518. The lowest BCUT2D eigenvalue weighted by Crippen LogP contribution is -2.40. The summed E-state index contributed by atoms with van der Waals surface area (Å²) in [5.74, 6) is -0.323. The van der Waals surface area contributed by atoms with Gasteiger partial charge in [-0.3, -0.25) is 9.78 Å². The first-order valence-electron chi connectivity index (χ1n) is 5.48. The van der Waals surface area contributed by atoms with Crippen molar-refractivity contribution < 1.29 is 9.90 Å². The smallest absolute Gasteiger partial charge is 0.254 e. The number of hydrogen-bond acceptors (Lipinski definition) is 3. The molecule has 1 amide bonds. The fraction of sp³-hybridized carbons (Fsp3) is 0.500. The molecule has 0 aliphatic rings. The zero-order chi connectivity index (χ0) is 13.1. The minimum atomic E-state index is -0.903. The van der Waals surface area contributed by atoms with E-state index in [2.05, 4.69) is 10.3 Å². The molecule has 1 aromatic rings. The topological polar surface area (TPSA) is 62.2 Å². The minimum absolute atomic E-state index is 0.187. The van der Waals surface area contributed by atoms with Gasteiger partial charge in [0.15, 0.2) is 0 Å². The van der Waals surface area contributed by atoms with E-state index in [1.54, 1.807) is 19.9 Å². The maximum atomic E-state index is 11.8. The van der Waals surface area contributed by atoms with Gasteiger partial charge in [0.2, 0.25) is 0 Å². The van der Waals surface area contributed by atoms with E-state index in [0.717, 1.165) is 5.69 Å². The highest BCUT2D eigenvalue weighted by atomic mass is 35.5. The molecule has 94 valence electrons. The van der Waals surface area contributed by atoms with Crippen molar-refractivity contribution in [2.75, 3.05) is 6.54 Å². The number of rotatable bonds is 4. The maximum Gasteiger partial charge on any atom is 0.254 e. The van der Waals surface area contributed by atoms with Crippen LogP contribution in [0.1, 0.15) is 36.3 Å². The maximum absolute atomic E-state index is 11.8. The number of carbonyl (C=O) groups is 1. The Morgan fingerprint density at radius 1 is 1.65 bits per heavy atom. The Hall–Kier alpha value is -1.13. The third kappa shape index (κ3) is 3.98. The van der Waals surface area contributed by atoms with Gasteiger partial charge in [0.05, 0.1) is 16.2 Å². The van der Waals surface area contributed by atoms with Crippen LogP contribution in [0.2, 0.25) is 5.02 Å². The van der Waals surface area contributed by atoms with Crippen LogP contribution in [-0.2, 0) is 0 Å². The van der Waals surface area contributed by atoms with Crippen LogP contribution in [0.4, 0.5) is 0 Å². The second-order valence-electron chi connectivity index (χ2n) is 4.34. The number of nitrogens with one attached hydrogen (secondary N) is 1. The fourth-order valence-electron chi connectivity index (χ4n) is 1.18. The third-order valence-electron chi connectivity index (χ3n) is 2.63. The number of aliphatic hydroxyl groups is 1. The summed E-state index contributed by atoms with van der Waals surface area (Å²) in [7, 11) is 0. The van der Waals surface area contributed by atoms with E-state index in [1.165, 1.54) is 6.20 Å². The molecule has 1 aromatic heterocycles. The summed E-state index contributed by atoms with van der Waals surface area (Å²) in [6.45, 7) is 5.51. The summed E-state index contributed by atoms with van der Waals surface area (Å²) in [5, 5.41) is 12.8. The molecule has 0 saturated carbocycles. The van der Waals surface area contributed by atoms with Crippen molar-refractivity contribution >= 4 is 17.5 Å². The van der Waals surface area contributed by atoms with Crippen LogP contribution >= 0.6 is 11.6 Å². The molecule has 1 unspecified atom stereocenters. The van der Waals surface area contributed by atoms with Crippen molar-refractivity contribution in [2.24, 2.45) is 0 Å². The summed E-state index contributed by atoms with van der Waals surface area (Å²) in [5.41, 5.74) is 0.177. The molecule has 0 aliphatic heterocycles. The van der Waals surface area contributed by atoms with Gasteiger partial charge < -0.3 is 10.4 Å². The van der Waals surface area contributed by atoms with Crippen LogP contribution in [0.3, 0.4) is 0 Å². The average molecular weight is 257 g/mol. The van der Waals surface area contributed by atoms with Crippen LogP contribution in [-0.4, -0.2) is 28.1 Å². The Kier molecular flexibility index (Phi) is 4.48. The Morgan fingerprint density at radius 2 is 2.29 bits per heavy atom. The normalized spacial score (nSPS) is 14.2. The van der Waals surface area contributed by atoms with Crippen molar-refractivity contribution in [1.82, 2.24) is 10.3 Å². The van der Waals surface area contributed by atoms with Crippen molar-refractivity contribution in [3.05, 3.63) is 28.5 Å². The van der Waals surface area contributed by atoms with E-state index < -0.39 is 5.60 Å². The van der Waals surface area contributed by atoms with Gasteiger partial charge >= 0.3 is 0 Å². The summed E-state index contributed by atoms with van der Waals surface area (Å²) < 4.78 is 0. The summed E-state index contributed by atoms with van der Waals surface area (Å²) in [4.78, 5) is 15.8. The lowest BCUT2D eigenvalue weighted by Gasteiger charge is -2.21. The molecule has 0 aliphatic carbocycles. The number of aryl methyl sites for hydroxylation is 1. The van der Waals surface area contributed by atoms with Gasteiger partial charge in [0.25, 0.3) is 5.91 Å². The zero-order valence-electron chi connectivity index (χ0n) is 10.2. The van der Waals surface area contributed by atoms with E-state index in [4.69, 9.17) is 11.6 Å². The van der Waals surface area contributed by atoms with Crippen LogP contribution < -0.4 is 5.32 Å². The first-order chi connectivity index (χ1) is 7.85. The first-order valence-corrected chi connectivity index (χ1v) is 5.86. The molecule has 5 heteroatoms. The highest BCUT2D eigenvalue weighted by Crippen LogP contribution is 2.16. The molecule has 0 saturated heterocycles. The van der Waals surface area contributed by atoms with Gasteiger partial charge in [0, 0.05) is 18.4 Å². The molecule has 4 nitrogen and oxygen atoms in total. The summed E-state index contributed by atoms with van der Waals surface area (Å²) in [6, 6.07) is 1.63. The van der Waals surface area contributed by atoms with E-state index in [9.17, 15) is 9.90 Å². The van der Waals surface area contributed by atoms with Gasteiger partial charge in [-0.25, -0.2) is 0 Å². The second-order valence-corrected chi connectivity index (χ2v) is 4.75. The van der Waals surface area contributed by atoms with Crippen molar-refractivity contribution in [3.8, 4) is 0 Å². The number of carbonyl (C=O) groups excluding carboxylic acids is 1. The average Bonchev–Trinajstić information content (AvgIpc) is 2.26. The van der Waals surface area contributed by atoms with E-state index in [0.29, 0.717) is 17.0 Å². The largest absolute Gasteiger partial charge is 0.388 e. The second kappa shape index (κ2) is 5.47. The van der Waals surface area contributed by atoms with E-state index in [-0.39, 0.29) is 12.5 Å². The Balaban J connectivity index is 2.71. The first kappa shape index (κ1) is 13.9. The zero-order valence-corrected chi connectivity index (χ0v) is 11.0. The van der Waals surface area contributed by atoms with Gasteiger partial charge in [-0.1, -0.05) is 18.5 Å². The van der Waals surface area contributed by atoms with Crippen molar-refractivity contribution in [1.29, 1.82) is 0 Å². The molecule has 1 rings (SSSR count). The lowest BCUT2D eigenvalue weighted by atomic mass is 10.0. The number of halogens is 1. The highest BCUT2D eigenvalue weighted by Gasteiger charge is 2.19. The minimum Gasteiger partial charge on any atom is -0.388 e. The summed E-state index contributed by atoms with van der Waals surface area (Å²) in [6.07, 6.45) is 2.00. The van der Waals surface area contributed by atoms with Crippen LogP contribution in [0.25, 0.3) is 0 Å². The van der Waals surface area contributed by atoms with Crippen LogP contribution in [0.5, 0.6) is 0 Å². The SMILES string of the molecule is CCC(C)(O)CNC(=O)c1cnc(C)cc1Cl. The molecule has 17 heavy (non-hydrogen) atoms. The number of aromatic nitrogens is 1. The van der Waals surface area contributed by atoms with Gasteiger partial charge in [-0.15, -0.1) is 0 Å². The molecule has 0 fully saturated rings. The Bertz CT molecular complexity index is 419. The monoisotopic (exact) mass is 256 g/mol. The standard InChI is InChI=1S/C12H17ClN2O2/c1-4-12(3,17)7-15-11(16)9-6-14-8(2)5-10(9)13/h5-6,17H,4,7H2,1-3H3,(H,15,16). The quantitative estimate of drug-likeness (QED) is 0.865. The van der Waals surface area contributed by atoms with E-state index in [1.807, 2.05) is 6.92 Å².